The Morgan fingerprint density at radius 1 is 1.25 bits per heavy atom. The summed E-state index contributed by atoms with van der Waals surface area (Å²) in [5, 5.41) is 0. The molecule has 4 nitrogen and oxygen atoms in total. The number of nitrogens with one attached hydrogen (secondary N) is 2. The van der Waals surface area contributed by atoms with Crippen molar-refractivity contribution in [3.8, 4) is 0 Å². The van der Waals surface area contributed by atoms with Crippen LogP contribution in [0.15, 0.2) is 28.7 Å². The van der Waals surface area contributed by atoms with Crippen molar-refractivity contribution in [2.75, 3.05) is 0 Å². The van der Waals surface area contributed by atoms with Gasteiger partial charge in [-0.2, -0.15) is 0 Å². The van der Waals surface area contributed by atoms with E-state index in [1.54, 1.807) is 18.2 Å². The molecule has 1 aromatic carbocycles. The highest BCUT2D eigenvalue weighted by atomic mass is 79.9. The predicted molar refractivity (Wildman–Crippen MR) is 64.7 cm³/mol. The zero-order valence-corrected chi connectivity index (χ0v) is 10.5. The first kappa shape index (κ1) is 12.7. The van der Waals surface area contributed by atoms with E-state index in [0.29, 0.717) is 16.5 Å². The highest BCUT2D eigenvalue weighted by Crippen LogP contribution is 2.14. The number of carbonyl (C=O) groups excluding carboxylic acids is 2. The van der Waals surface area contributed by atoms with Crippen molar-refractivity contribution in [2.45, 2.75) is 19.8 Å². The summed E-state index contributed by atoms with van der Waals surface area (Å²) in [6.45, 7) is 1.90. The van der Waals surface area contributed by atoms with E-state index in [4.69, 9.17) is 0 Å². The number of hydrogen-bond donors (Lipinski definition) is 2. The van der Waals surface area contributed by atoms with E-state index < -0.39 is 0 Å². The van der Waals surface area contributed by atoms with Crippen molar-refractivity contribution in [1.82, 2.24) is 10.9 Å². The Hall–Kier alpha value is -1.36. The molecule has 0 fully saturated rings. The molecule has 0 spiro atoms. The van der Waals surface area contributed by atoms with Gasteiger partial charge in [0.1, 0.15) is 0 Å². The van der Waals surface area contributed by atoms with Crippen LogP contribution in [0.3, 0.4) is 0 Å². The summed E-state index contributed by atoms with van der Waals surface area (Å²) in [6.07, 6.45) is 1.15. The number of amides is 2. The summed E-state index contributed by atoms with van der Waals surface area (Å²) >= 11 is 3.26. The largest absolute Gasteiger partial charge is 0.273 e. The van der Waals surface area contributed by atoms with Crippen molar-refractivity contribution in [3.05, 3.63) is 34.3 Å². The average molecular weight is 285 g/mol. The maximum absolute atomic E-state index is 11.6. The highest BCUT2D eigenvalue weighted by Gasteiger charge is 2.09. The molecule has 16 heavy (non-hydrogen) atoms. The molecular weight excluding hydrogens is 272 g/mol. The summed E-state index contributed by atoms with van der Waals surface area (Å²) in [4.78, 5) is 22.7. The second-order valence-corrected chi connectivity index (χ2v) is 4.09. The third kappa shape index (κ3) is 3.66. The second kappa shape index (κ2) is 6.27. The van der Waals surface area contributed by atoms with Gasteiger partial charge in [0.05, 0.1) is 5.56 Å². The van der Waals surface area contributed by atoms with Crippen LogP contribution in [0.2, 0.25) is 0 Å². The topological polar surface area (TPSA) is 58.2 Å². The van der Waals surface area contributed by atoms with E-state index >= 15 is 0 Å². The number of carbonyl (C=O) groups is 2. The minimum atomic E-state index is -0.336. The standard InChI is InChI=1S/C11H13BrN2O2/c1-2-5-10(15)13-14-11(16)8-6-3-4-7-9(8)12/h3-4,6-7H,2,5H2,1H3,(H,13,15)(H,14,16). The molecule has 0 aliphatic carbocycles. The van der Waals surface area contributed by atoms with Crippen LogP contribution in [-0.2, 0) is 4.79 Å². The Balaban J connectivity index is 2.54. The fraction of sp³-hybridized carbons (Fsp3) is 0.273. The molecule has 0 radical (unpaired) electrons. The Labute approximate surface area is 103 Å². The van der Waals surface area contributed by atoms with Gasteiger partial charge in [0, 0.05) is 10.9 Å². The van der Waals surface area contributed by atoms with Crippen LogP contribution in [0.4, 0.5) is 0 Å². The van der Waals surface area contributed by atoms with Crippen LogP contribution in [0, 0.1) is 0 Å². The second-order valence-electron chi connectivity index (χ2n) is 3.23. The van der Waals surface area contributed by atoms with Gasteiger partial charge in [0.25, 0.3) is 5.91 Å². The van der Waals surface area contributed by atoms with E-state index in [1.165, 1.54) is 0 Å². The van der Waals surface area contributed by atoms with Gasteiger partial charge in [-0.05, 0) is 34.5 Å². The molecule has 0 heterocycles. The summed E-state index contributed by atoms with van der Waals surface area (Å²) in [5.74, 6) is -0.528. The fourth-order valence-electron chi connectivity index (χ4n) is 1.13. The lowest BCUT2D eigenvalue weighted by molar-refractivity contribution is -0.121. The normalized spacial score (nSPS) is 9.62. The Morgan fingerprint density at radius 2 is 1.94 bits per heavy atom. The first-order chi connectivity index (χ1) is 7.65. The molecule has 5 heteroatoms. The van der Waals surface area contributed by atoms with E-state index in [9.17, 15) is 9.59 Å². The molecule has 0 atom stereocenters. The maximum atomic E-state index is 11.6. The van der Waals surface area contributed by atoms with Gasteiger partial charge in [0.2, 0.25) is 5.91 Å². The number of rotatable bonds is 3. The lowest BCUT2D eigenvalue weighted by Gasteiger charge is -2.07. The number of hydrazine groups is 1. The molecule has 86 valence electrons. The third-order valence-corrected chi connectivity index (χ3v) is 2.60. The van der Waals surface area contributed by atoms with Gasteiger partial charge in [-0.3, -0.25) is 20.4 Å². The first-order valence-electron chi connectivity index (χ1n) is 4.99. The summed E-state index contributed by atoms with van der Waals surface area (Å²) in [7, 11) is 0. The highest BCUT2D eigenvalue weighted by molar-refractivity contribution is 9.10. The molecule has 0 saturated carbocycles. The quantitative estimate of drug-likeness (QED) is 0.835. The van der Waals surface area contributed by atoms with Crippen molar-refractivity contribution in [1.29, 1.82) is 0 Å². The Morgan fingerprint density at radius 3 is 2.56 bits per heavy atom. The van der Waals surface area contributed by atoms with Crippen LogP contribution in [0.25, 0.3) is 0 Å². The van der Waals surface area contributed by atoms with Gasteiger partial charge in [-0.15, -0.1) is 0 Å². The van der Waals surface area contributed by atoms with Crippen molar-refractivity contribution >= 4 is 27.7 Å². The zero-order chi connectivity index (χ0) is 12.0. The number of halogens is 1. The molecule has 1 rings (SSSR count). The lowest BCUT2D eigenvalue weighted by atomic mass is 10.2. The molecule has 0 aromatic heterocycles. The predicted octanol–water partition coefficient (Wildman–Crippen LogP) is 2.01. The van der Waals surface area contributed by atoms with Crippen LogP contribution in [0.1, 0.15) is 30.1 Å². The molecule has 0 bridgehead atoms. The monoisotopic (exact) mass is 284 g/mol. The van der Waals surface area contributed by atoms with E-state index in [1.807, 2.05) is 13.0 Å². The van der Waals surface area contributed by atoms with Gasteiger partial charge in [-0.1, -0.05) is 19.1 Å². The van der Waals surface area contributed by atoms with Crippen LogP contribution in [0.5, 0.6) is 0 Å². The summed E-state index contributed by atoms with van der Waals surface area (Å²) in [6, 6.07) is 7.01. The van der Waals surface area contributed by atoms with Crippen molar-refractivity contribution in [2.24, 2.45) is 0 Å². The van der Waals surface area contributed by atoms with Gasteiger partial charge in [-0.25, -0.2) is 0 Å². The van der Waals surface area contributed by atoms with Gasteiger partial charge >= 0.3 is 0 Å². The van der Waals surface area contributed by atoms with Gasteiger partial charge in [0.15, 0.2) is 0 Å². The van der Waals surface area contributed by atoms with Crippen LogP contribution in [-0.4, -0.2) is 11.8 Å². The molecule has 2 amide bonds. The smallest absolute Gasteiger partial charge is 0.270 e. The zero-order valence-electron chi connectivity index (χ0n) is 8.92. The Bertz CT molecular complexity index is 393. The fourth-order valence-corrected chi connectivity index (χ4v) is 1.59. The minimum Gasteiger partial charge on any atom is -0.273 e. The third-order valence-electron chi connectivity index (χ3n) is 1.91. The molecule has 0 unspecified atom stereocenters. The van der Waals surface area contributed by atoms with Gasteiger partial charge < -0.3 is 0 Å². The SMILES string of the molecule is CCCC(=O)NNC(=O)c1ccccc1Br. The van der Waals surface area contributed by atoms with Crippen molar-refractivity contribution in [3.63, 3.8) is 0 Å². The summed E-state index contributed by atoms with van der Waals surface area (Å²) in [5.41, 5.74) is 5.19. The van der Waals surface area contributed by atoms with E-state index in [-0.39, 0.29) is 11.8 Å². The van der Waals surface area contributed by atoms with Crippen molar-refractivity contribution < 1.29 is 9.59 Å². The van der Waals surface area contributed by atoms with Crippen LogP contribution < -0.4 is 10.9 Å². The average Bonchev–Trinajstić information content (AvgIpc) is 2.27. The molecule has 0 saturated heterocycles. The van der Waals surface area contributed by atoms with Crippen LogP contribution >= 0.6 is 15.9 Å². The lowest BCUT2D eigenvalue weighted by Crippen LogP contribution is -2.41. The molecule has 0 aliphatic heterocycles. The maximum Gasteiger partial charge on any atom is 0.270 e. The number of hydrogen-bond acceptors (Lipinski definition) is 2. The molecular formula is C11H13BrN2O2. The van der Waals surface area contributed by atoms with E-state index in [0.717, 1.165) is 6.42 Å². The molecule has 1 aromatic rings. The molecule has 0 aliphatic rings. The molecule has 2 N–H and O–H groups in total. The van der Waals surface area contributed by atoms with E-state index in [2.05, 4.69) is 26.8 Å². The first-order valence-corrected chi connectivity index (χ1v) is 5.78. The number of benzene rings is 1. The Kier molecular flexibility index (Phi) is 4.98. The summed E-state index contributed by atoms with van der Waals surface area (Å²) < 4.78 is 0.692. The minimum absolute atomic E-state index is 0.192.